The van der Waals surface area contributed by atoms with E-state index in [4.69, 9.17) is 23.2 Å². The fourth-order valence-electron chi connectivity index (χ4n) is 3.23. The summed E-state index contributed by atoms with van der Waals surface area (Å²) in [4.78, 5) is 12.1. The number of benzene rings is 2. The van der Waals surface area contributed by atoms with Crippen LogP contribution in [-0.2, 0) is 0 Å². The summed E-state index contributed by atoms with van der Waals surface area (Å²) >= 11 is 13.9. The quantitative estimate of drug-likeness (QED) is 0.582. The molecule has 2 heterocycles. The molecule has 0 radical (unpaired) electrons. The number of carbonyl (C=O) groups is 1. The Bertz CT molecular complexity index is 1010. The van der Waals surface area contributed by atoms with Crippen molar-refractivity contribution >= 4 is 46.2 Å². The summed E-state index contributed by atoms with van der Waals surface area (Å²) in [5.41, 5.74) is 6.32. The zero-order chi connectivity index (χ0) is 19.0. The molecule has 1 aliphatic heterocycles. The number of hydrazone groups is 1. The lowest BCUT2D eigenvalue weighted by molar-refractivity contribution is 0.0697. The van der Waals surface area contributed by atoms with Gasteiger partial charge in [-0.3, -0.25) is 0 Å². The van der Waals surface area contributed by atoms with Crippen LogP contribution in [0.2, 0.25) is 10.0 Å². The van der Waals surface area contributed by atoms with Crippen LogP contribution in [0.4, 0.5) is 0 Å². The van der Waals surface area contributed by atoms with E-state index in [1.54, 1.807) is 12.1 Å². The number of halogens is 2. The molecular weight excluding hydrogens is 403 g/mol. The minimum atomic E-state index is -0.949. The van der Waals surface area contributed by atoms with E-state index in [1.165, 1.54) is 11.3 Å². The van der Waals surface area contributed by atoms with Gasteiger partial charge in [0.1, 0.15) is 0 Å². The smallest absolute Gasteiger partial charge is 0.335 e. The highest BCUT2D eigenvalue weighted by Crippen LogP contribution is 2.41. The van der Waals surface area contributed by atoms with E-state index in [-0.39, 0.29) is 17.5 Å². The number of rotatable bonds is 4. The molecule has 0 saturated heterocycles. The molecule has 2 N–H and O–H groups in total. The van der Waals surface area contributed by atoms with Crippen molar-refractivity contribution in [1.82, 2.24) is 5.43 Å². The van der Waals surface area contributed by atoms with Crippen molar-refractivity contribution in [3.8, 4) is 0 Å². The third-order valence-electron chi connectivity index (χ3n) is 4.55. The number of aromatic carboxylic acids is 1. The minimum absolute atomic E-state index is 0.105. The van der Waals surface area contributed by atoms with Crippen LogP contribution in [0.3, 0.4) is 0 Å². The molecule has 7 heteroatoms. The number of carboxylic acids is 1. The molecule has 2 aromatic carbocycles. The van der Waals surface area contributed by atoms with Crippen LogP contribution >= 0.6 is 34.5 Å². The molecule has 1 aromatic heterocycles. The normalized spacial score (nSPS) is 18.8. The maximum atomic E-state index is 11.2. The zero-order valence-electron chi connectivity index (χ0n) is 13.9. The van der Waals surface area contributed by atoms with Crippen LogP contribution < -0.4 is 5.43 Å². The molecule has 27 heavy (non-hydrogen) atoms. The Morgan fingerprint density at radius 1 is 1.00 bits per heavy atom. The van der Waals surface area contributed by atoms with Gasteiger partial charge >= 0.3 is 5.97 Å². The third kappa shape index (κ3) is 3.46. The Labute approximate surface area is 170 Å². The molecule has 3 aromatic rings. The number of nitrogens with one attached hydrogen (secondary N) is 1. The monoisotopic (exact) mass is 416 g/mol. The molecule has 2 atom stereocenters. The van der Waals surface area contributed by atoms with Gasteiger partial charge in [0.25, 0.3) is 0 Å². The fraction of sp³-hybridized carbons (Fsp3) is 0.100. The first-order chi connectivity index (χ1) is 13.0. The van der Waals surface area contributed by atoms with Crippen molar-refractivity contribution < 1.29 is 9.90 Å². The predicted octanol–water partition coefficient (Wildman–Crippen LogP) is 5.59. The molecule has 0 spiro atoms. The highest BCUT2D eigenvalue weighted by Gasteiger charge is 2.36. The molecule has 0 aliphatic carbocycles. The number of carboxylic acid groups (broad SMARTS) is 1. The third-order valence-corrected chi connectivity index (χ3v) is 6.16. The minimum Gasteiger partial charge on any atom is -0.478 e. The summed E-state index contributed by atoms with van der Waals surface area (Å²) in [6, 6.07) is 16.3. The second kappa shape index (κ2) is 7.35. The maximum absolute atomic E-state index is 11.2. The largest absolute Gasteiger partial charge is 0.478 e. The van der Waals surface area contributed by atoms with Crippen molar-refractivity contribution in [2.45, 2.75) is 12.0 Å². The lowest BCUT2D eigenvalue weighted by Gasteiger charge is -2.22. The summed E-state index contributed by atoms with van der Waals surface area (Å²) in [6.45, 7) is 0. The lowest BCUT2D eigenvalue weighted by Crippen LogP contribution is -2.20. The van der Waals surface area contributed by atoms with Gasteiger partial charge in [0, 0.05) is 5.02 Å². The van der Waals surface area contributed by atoms with E-state index in [9.17, 15) is 9.90 Å². The molecule has 0 amide bonds. The molecule has 2 unspecified atom stereocenters. The van der Waals surface area contributed by atoms with E-state index in [0.717, 1.165) is 21.7 Å². The highest BCUT2D eigenvalue weighted by molar-refractivity contribution is 7.13. The van der Waals surface area contributed by atoms with Gasteiger partial charge < -0.3 is 10.5 Å². The van der Waals surface area contributed by atoms with Gasteiger partial charge in [-0.25, -0.2) is 4.79 Å². The van der Waals surface area contributed by atoms with Crippen LogP contribution in [0.5, 0.6) is 0 Å². The Morgan fingerprint density at radius 2 is 1.67 bits per heavy atom. The SMILES string of the molecule is O=C(O)c1ccc(C2C(c3sccc3Cl)=NNC2c2ccc(Cl)cc2)cc1. The van der Waals surface area contributed by atoms with Gasteiger partial charge in [-0.1, -0.05) is 47.5 Å². The summed E-state index contributed by atoms with van der Waals surface area (Å²) < 4.78 is 0. The number of hydrogen-bond acceptors (Lipinski definition) is 4. The van der Waals surface area contributed by atoms with Crippen molar-refractivity contribution in [3.63, 3.8) is 0 Å². The summed E-state index contributed by atoms with van der Waals surface area (Å²) in [5.74, 6) is -1.05. The summed E-state index contributed by atoms with van der Waals surface area (Å²) in [5, 5.41) is 17.0. The van der Waals surface area contributed by atoms with Crippen LogP contribution in [0, 0.1) is 0 Å². The molecule has 0 fully saturated rings. The first-order valence-corrected chi connectivity index (χ1v) is 9.83. The zero-order valence-corrected chi connectivity index (χ0v) is 16.2. The second-order valence-corrected chi connectivity index (χ2v) is 7.92. The molecule has 1 aliphatic rings. The second-order valence-electron chi connectivity index (χ2n) is 6.16. The van der Waals surface area contributed by atoms with E-state index in [2.05, 4.69) is 10.5 Å². The van der Waals surface area contributed by atoms with Gasteiger partial charge in [0.2, 0.25) is 0 Å². The van der Waals surface area contributed by atoms with Gasteiger partial charge in [-0.15, -0.1) is 11.3 Å². The van der Waals surface area contributed by atoms with E-state index in [0.29, 0.717) is 10.0 Å². The average Bonchev–Trinajstić information content (AvgIpc) is 3.28. The van der Waals surface area contributed by atoms with Crippen LogP contribution in [-0.4, -0.2) is 16.8 Å². The highest BCUT2D eigenvalue weighted by atomic mass is 35.5. The summed E-state index contributed by atoms with van der Waals surface area (Å²) in [7, 11) is 0. The predicted molar refractivity (Wildman–Crippen MR) is 109 cm³/mol. The van der Waals surface area contributed by atoms with Crippen LogP contribution in [0.25, 0.3) is 0 Å². The Hall–Kier alpha value is -2.34. The lowest BCUT2D eigenvalue weighted by atomic mass is 9.84. The van der Waals surface area contributed by atoms with Crippen molar-refractivity contribution in [2.24, 2.45) is 5.10 Å². The van der Waals surface area contributed by atoms with Crippen molar-refractivity contribution in [1.29, 1.82) is 0 Å². The Kier molecular flexibility index (Phi) is 4.91. The van der Waals surface area contributed by atoms with E-state index < -0.39 is 5.97 Å². The first-order valence-electron chi connectivity index (χ1n) is 8.20. The standard InChI is InChI=1S/C20H14Cl2N2O2S/c21-14-7-5-12(6-8-14)17-16(11-1-3-13(4-2-11)20(25)26)18(24-23-17)19-15(22)9-10-27-19/h1-10,16-17,23H,(H,25,26). The first kappa shape index (κ1) is 18.0. The van der Waals surface area contributed by atoms with Crippen molar-refractivity contribution in [2.75, 3.05) is 0 Å². The molecule has 0 saturated carbocycles. The Morgan fingerprint density at radius 3 is 2.26 bits per heavy atom. The molecule has 4 nitrogen and oxygen atoms in total. The summed E-state index contributed by atoms with van der Waals surface area (Å²) in [6.07, 6.45) is 0. The fourth-order valence-corrected chi connectivity index (χ4v) is 4.54. The molecule has 4 rings (SSSR count). The number of nitrogens with zero attached hydrogens (tertiary/aromatic N) is 1. The Balaban J connectivity index is 1.78. The average molecular weight is 417 g/mol. The van der Waals surface area contributed by atoms with E-state index in [1.807, 2.05) is 47.8 Å². The van der Waals surface area contributed by atoms with E-state index >= 15 is 0 Å². The molecule has 0 bridgehead atoms. The number of thiophene rings is 1. The topological polar surface area (TPSA) is 61.7 Å². The van der Waals surface area contributed by atoms with Gasteiger partial charge in [-0.05, 0) is 46.8 Å². The van der Waals surface area contributed by atoms with Gasteiger partial charge in [-0.2, -0.15) is 5.10 Å². The molecule has 136 valence electrons. The van der Waals surface area contributed by atoms with Crippen molar-refractivity contribution in [3.05, 3.63) is 91.6 Å². The van der Waals surface area contributed by atoms with Crippen LogP contribution in [0.15, 0.2) is 65.1 Å². The maximum Gasteiger partial charge on any atom is 0.335 e. The van der Waals surface area contributed by atoms with Crippen LogP contribution in [0.1, 0.15) is 38.3 Å². The number of hydrogen-bond donors (Lipinski definition) is 2. The van der Waals surface area contributed by atoms with Gasteiger partial charge in [0.15, 0.2) is 0 Å². The van der Waals surface area contributed by atoms with Gasteiger partial charge in [0.05, 0.1) is 33.1 Å². The molecular formula is C20H14Cl2N2O2S.